The van der Waals surface area contributed by atoms with Crippen molar-refractivity contribution in [1.29, 1.82) is 0 Å². The molecule has 0 unspecified atom stereocenters. The maximum Gasteiger partial charge on any atom is 0.229 e. The van der Waals surface area contributed by atoms with E-state index in [-0.39, 0.29) is 0 Å². The molecule has 1 aromatic rings. The van der Waals surface area contributed by atoms with Crippen LogP contribution in [0.25, 0.3) is 0 Å². The molecular formula is C12H15BrO6. The van der Waals surface area contributed by atoms with E-state index < -0.39 is 37.3 Å². The van der Waals surface area contributed by atoms with Gasteiger partial charge >= 0.3 is 0 Å². The zero-order valence-corrected chi connectivity index (χ0v) is 11.5. The van der Waals surface area contributed by atoms with Crippen LogP contribution in [0.2, 0.25) is 0 Å². The van der Waals surface area contributed by atoms with Gasteiger partial charge in [-0.3, -0.25) is 0 Å². The molecule has 19 heavy (non-hydrogen) atoms. The second-order valence-electron chi connectivity index (χ2n) is 4.27. The third kappa shape index (κ3) is 3.25. The van der Waals surface area contributed by atoms with Crippen molar-refractivity contribution in [2.24, 2.45) is 0 Å². The van der Waals surface area contributed by atoms with E-state index >= 15 is 0 Å². The number of hydrogen-bond donors (Lipinski definition) is 4. The normalized spacial score (nSPS) is 35.1. The van der Waals surface area contributed by atoms with Crippen molar-refractivity contribution in [2.75, 3.05) is 6.61 Å². The summed E-state index contributed by atoms with van der Waals surface area (Å²) in [6.07, 6.45) is -6.37. The molecular weight excluding hydrogens is 320 g/mol. The standard InChI is InChI=1S/C12H15BrO6/c13-6-2-1-3-7(4-6)18-12-11(17)10(16)9(15)8(5-14)19-12/h1-4,8-12,14-17H,5H2/t8-,9-,10+,11-,12-/m1/s1. The first-order chi connectivity index (χ1) is 9.02. The van der Waals surface area contributed by atoms with E-state index in [4.69, 9.17) is 14.6 Å². The maximum atomic E-state index is 9.80. The molecule has 2 rings (SSSR count). The van der Waals surface area contributed by atoms with Crippen LogP contribution in [0.4, 0.5) is 0 Å². The Morgan fingerprint density at radius 2 is 1.89 bits per heavy atom. The van der Waals surface area contributed by atoms with E-state index in [0.29, 0.717) is 5.75 Å². The number of aliphatic hydroxyl groups excluding tert-OH is 4. The van der Waals surface area contributed by atoms with Crippen LogP contribution in [-0.2, 0) is 4.74 Å². The Hall–Kier alpha value is -0.700. The average molecular weight is 335 g/mol. The summed E-state index contributed by atoms with van der Waals surface area (Å²) in [6.45, 7) is -0.483. The van der Waals surface area contributed by atoms with Crippen LogP contribution in [0.5, 0.6) is 5.75 Å². The van der Waals surface area contributed by atoms with E-state index in [9.17, 15) is 15.3 Å². The lowest BCUT2D eigenvalue weighted by Crippen LogP contribution is -2.60. The molecule has 1 aliphatic rings. The molecule has 7 heteroatoms. The van der Waals surface area contributed by atoms with Gasteiger partial charge in [-0.05, 0) is 18.2 Å². The molecule has 1 aliphatic heterocycles. The largest absolute Gasteiger partial charge is 0.462 e. The minimum absolute atomic E-state index is 0.429. The highest BCUT2D eigenvalue weighted by atomic mass is 79.9. The predicted octanol–water partition coefficient (Wildman–Crippen LogP) is -0.372. The molecule has 0 spiro atoms. The molecule has 0 saturated carbocycles. The first kappa shape index (κ1) is 14.7. The van der Waals surface area contributed by atoms with Gasteiger partial charge in [0.1, 0.15) is 30.2 Å². The molecule has 106 valence electrons. The number of hydrogen-bond acceptors (Lipinski definition) is 6. The smallest absolute Gasteiger partial charge is 0.229 e. The summed E-state index contributed by atoms with van der Waals surface area (Å²) < 4.78 is 11.4. The lowest BCUT2D eigenvalue weighted by molar-refractivity contribution is -0.277. The topological polar surface area (TPSA) is 99.4 Å². The fourth-order valence-corrected chi connectivity index (χ4v) is 2.22. The Morgan fingerprint density at radius 1 is 1.16 bits per heavy atom. The van der Waals surface area contributed by atoms with Gasteiger partial charge in [0.15, 0.2) is 0 Å². The Kier molecular flexibility index (Phi) is 4.77. The summed E-state index contributed by atoms with van der Waals surface area (Å²) in [5.74, 6) is 0.429. The van der Waals surface area contributed by atoms with Crippen LogP contribution < -0.4 is 4.74 Å². The molecule has 0 aliphatic carbocycles. The lowest BCUT2D eigenvalue weighted by atomic mass is 9.99. The summed E-state index contributed by atoms with van der Waals surface area (Å²) in [4.78, 5) is 0. The van der Waals surface area contributed by atoms with Gasteiger partial charge in [-0.25, -0.2) is 0 Å². The Morgan fingerprint density at radius 3 is 2.53 bits per heavy atom. The number of halogens is 1. The first-order valence-electron chi connectivity index (χ1n) is 5.75. The lowest BCUT2D eigenvalue weighted by Gasteiger charge is -2.39. The minimum atomic E-state index is -1.44. The molecule has 1 fully saturated rings. The monoisotopic (exact) mass is 334 g/mol. The van der Waals surface area contributed by atoms with Crippen molar-refractivity contribution in [3.63, 3.8) is 0 Å². The molecule has 1 saturated heterocycles. The van der Waals surface area contributed by atoms with Crippen molar-refractivity contribution in [3.8, 4) is 5.75 Å². The van der Waals surface area contributed by atoms with Gasteiger partial charge < -0.3 is 29.9 Å². The van der Waals surface area contributed by atoms with Crippen molar-refractivity contribution in [3.05, 3.63) is 28.7 Å². The average Bonchev–Trinajstić information content (AvgIpc) is 2.39. The molecule has 0 amide bonds. The summed E-state index contributed by atoms with van der Waals surface area (Å²) in [5.41, 5.74) is 0. The Balaban J connectivity index is 2.10. The molecule has 0 radical (unpaired) electrons. The minimum Gasteiger partial charge on any atom is -0.462 e. The summed E-state index contributed by atoms with van der Waals surface area (Å²) in [7, 11) is 0. The summed E-state index contributed by atoms with van der Waals surface area (Å²) >= 11 is 3.28. The Bertz CT molecular complexity index is 426. The Labute approximate surface area is 118 Å². The zero-order chi connectivity index (χ0) is 14.0. The quantitative estimate of drug-likeness (QED) is 0.602. The fourth-order valence-electron chi connectivity index (χ4n) is 1.84. The van der Waals surface area contributed by atoms with Crippen LogP contribution in [0, 0.1) is 0 Å². The molecule has 4 N–H and O–H groups in total. The van der Waals surface area contributed by atoms with Crippen molar-refractivity contribution in [1.82, 2.24) is 0 Å². The van der Waals surface area contributed by atoms with Gasteiger partial charge in [0.2, 0.25) is 6.29 Å². The van der Waals surface area contributed by atoms with Gasteiger partial charge in [-0.1, -0.05) is 22.0 Å². The molecule has 5 atom stereocenters. The highest BCUT2D eigenvalue weighted by Crippen LogP contribution is 2.25. The van der Waals surface area contributed by atoms with Gasteiger partial charge in [0, 0.05) is 4.47 Å². The first-order valence-corrected chi connectivity index (χ1v) is 6.55. The van der Waals surface area contributed by atoms with Crippen LogP contribution >= 0.6 is 15.9 Å². The second-order valence-corrected chi connectivity index (χ2v) is 5.19. The van der Waals surface area contributed by atoms with Crippen LogP contribution in [0.3, 0.4) is 0 Å². The number of rotatable bonds is 3. The van der Waals surface area contributed by atoms with Crippen molar-refractivity contribution < 1.29 is 29.9 Å². The van der Waals surface area contributed by atoms with Crippen molar-refractivity contribution in [2.45, 2.75) is 30.7 Å². The van der Waals surface area contributed by atoms with Crippen LogP contribution in [0.15, 0.2) is 28.7 Å². The van der Waals surface area contributed by atoms with E-state index in [1.165, 1.54) is 0 Å². The third-order valence-electron chi connectivity index (χ3n) is 2.90. The van der Waals surface area contributed by atoms with Gasteiger partial charge in [0.05, 0.1) is 6.61 Å². The summed E-state index contributed by atoms with van der Waals surface area (Å²) in [5, 5.41) is 38.1. The second kappa shape index (κ2) is 6.17. The maximum absolute atomic E-state index is 9.80. The number of benzene rings is 1. The van der Waals surface area contributed by atoms with E-state index in [1.807, 2.05) is 0 Å². The number of aliphatic hydroxyl groups is 4. The van der Waals surface area contributed by atoms with E-state index in [0.717, 1.165) is 4.47 Å². The number of ether oxygens (including phenoxy) is 2. The van der Waals surface area contributed by atoms with Crippen LogP contribution in [0.1, 0.15) is 0 Å². The van der Waals surface area contributed by atoms with E-state index in [1.54, 1.807) is 24.3 Å². The van der Waals surface area contributed by atoms with Gasteiger partial charge in [0.25, 0.3) is 0 Å². The van der Waals surface area contributed by atoms with Crippen LogP contribution in [-0.4, -0.2) is 57.7 Å². The fraction of sp³-hybridized carbons (Fsp3) is 0.500. The highest BCUT2D eigenvalue weighted by molar-refractivity contribution is 9.10. The van der Waals surface area contributed by atoms with Gasteiger partial charge in [-0.15, -0.1) is 0 Å². The molecule has 1 aromatic carbocycles. The zero-order valence-electron chi connectivity index (χ0n) is 9.89. The highest BCUT2D eigenvalue weighted by Gasteiger charge is 2.44. The van der Waals surface area contributed by atoms with Crippen molar-refractivity contribution >= 4 is 15.9 Å². The molecule has 0 bridgehead atoms. The van der Waals surface area contributed by atoms with Gasteiger partial charge in [-0.2, -0.15) is 0 Å². The molecule has 0 aromatic heterocycles. The molecule has 6 nitrogen and oxygen atoms in total. The predicted molar refractivity (Wildman–Crippen MR) is 68.5 cm³/mol. The SMILES string of the molecule is OC[C@H]1O[C@@H](Oc2cccc(Br)c2)[C@H](O)[C@@H](O)[C@@H]1O. The van der Waals surface area contributed by atoms with E-state index in [2.05, 4.69) is 15.9 Å². The molecule has 1 heterocycles. The summed E-state index contributed by atoms with van der Waals surface area (Å²) in [6, 6.07) is 6.87. The third-order valence-corrected chi connectivity index (χ3v) is 3.39.